The summed E-state index contributed by atoms with van der Waals surface area (Å²) in [6, 6.07) is 0. The smallest absolute Gasteiger partial charge is 0.359 e. The number of nitrogens with zero attached hydrogens (tertiary/aromatic N) is 1. The van der Waals surface area contributed by atoms with Crippen molar-refractivity contribution in [2.75, 3.05) is 6.61 Å². The average Bonchev–Trinajstić information content (AvgIpc) is 2.63. The summed E-state index contributed by atoms with van der Waals surface area (Å²) < 4.78 is 4.99. The maximum atomic E-state index is 11.6. The van der Waals surface area contributed by atoms with Gasteiger partial charge in [-0.15, -0.1) is 0 Å². The summed E-state index contributed by atoms with van der Waals surface area (Å²) >= 11 is 0. The molecule has 1 heterocycles. The molecular weight excluding hydrogens is 192 g/mol. The highest BCUT2D eigenvalue weighted by Gasteiger charge is 2.55. The van der Waals surface area contributed by atoms with Crippen LogP contribution >= 0.6 is 0 Å². The van der Waals surface area contributed by atoms with E-state index in [9.17, 15) is 4.79 Å². The molecular formula is C11H14N2O2. The molecule has 3 atom stereocenters. The van der Waals surface area contributed by atoms with Crippen LogP contribution in [0.5, 0.6) is 0 Å². The molecule has 0 radical (unpaired) electrons. The first-order valence-electron chi connectivity index (χ1n) is 5.48. The fourth-order valence-corrected chi connectivity index (χ4v) is 2.83. The van der Waals surface area contributed by atoms with Gasteiger partial charge in [-0.3, -0.25) is 5.10 Å². The SMILES string of the molecule is CCOC(=O)c1n[nH]c2c1C1C(C2)[C@H]1C. The van der Waals surface area contributed by atoms with Gasteiger partial charge in [0.25, 0.3) is 0 Å². The van der Waals surface area contributed by atoms with E-state index in [2.05, 4.69) is 17.1 Å². The predicted molar refractivity (Wildman–Crippen MR) is 53.6 cm³/mol. The zero-order valence-electron chi connectivity index (χ0n) is 8.91. The second kappa shape index (κ2) is 2.84. The summed E-state index contributed by atoms with van der Waals surface area (Å²) in [7, 11) is 0. The molecule has 1 fully saturated rings. The first kappa shape index (κ1) is 8.95. The number of fused-ring (bicyclic) bond motifs is 3. The Bertz CT molecular complexity index is 424. The molecule has 0 bridgehead atoms. The number of carbonyl (C=O) groups excluding carboxylic acids is 1. The van der Waals surface area contributed by atoms with Gasteiger partial charge in [-0.25, -0.2) is 4.79 Å². The predicted octanol–water partition coefficient (Wildman–Crippen LogP) is 1.49. The molecule has 0 aromatic carbocycles. The highest BCUT2D eigenvalue weighted by molar-refractivity contribution is 5.90. The molecule has 1 aromatic heterocycles. The number of aromatic amines is 1. The number of H-pyrrole nitrogens is 1. The molecule has 15 heavy (non-hydrogen) atoms. The Hall–Kier alpha value is -1.32. The van der Waals surface area contributed by atoms with Crippen LogP contribution in [0.15, 0.2) is 0 Å². The largest absolute Gasteiger partial charge is 0.461 e. The zero-order chi connectivity index (χ0) is 10.6. The molecule has 0 saturated heterocycles. The van der Waals surface area contributed by atoms with Crippen LogP contribution in [-0.4, -0.2) is 22.8 Å². The third-order valence-electron chi connectivity index (χ3n) is 3.69. The molecule has 1 saturated carbocycles. The number of rotatable bonds is 2. The third kappa shape index (κ3) is 1.07. The highest BCUT2D eigenvalue weighted by Crippen LogP contribution is 2.61. The monoisotopic (exact) mass is 206 g/mol. The van der Waals surface area contributed by atoms with E-state index in [4.69, 9.17) is 4.74 Å². The maximum Gasteiger partial charge on any atom is 0.359 e. The van der Waals surface area contributed by atoms with Crippen LogP contribution in [0.25, 0.3) is 0 Å². The van der Waals surface area contributed by atoms with Crippen LogP contribution in [0.3, 0.4) is 0 Å². The van der Waals surface area contributed by atoms with Crippen molar-refractivity contribution in [2.45, 2.75) is 26.2 Å². The molecule has 1 N–H and O–H groups in total. The van der Waals surface area contributed by atoms with E-state index in [0.29, 0.717) is 24.1 Å². The van der Waals surface area contributed by atoms with Gasteiger partial charge in [0.15, 0.2) is 5.69 Å². The van der Waals surface area contributed by atoms with Crippen molar-refractivity contribution in [1.82, 2.24) is 10.2 Å². The number of carbonyl (C=O) groups is 1. The summed E-state index contributed by atoms with van der Waals surface area (Å²) in [5.74, 6) is 1.72. The van der Waals surface area contributed by atoms with Crippen LogP contribution in [0.2, 0.25) is 0 Å². The quantitative estimate of drug-likeness (QED) is 0.746. The Morgan fingerprint density at radius 1 is 1.67 bits per heavy atom. The number of hydrogen-bond acceptors (Lipinski definition) is 3. The minimum Gasteiger partial charge on any atom is -0.461 e. The van der Waals surface area contributed by atoms with E-state index in [-0.39, 0.29) is 5.97 Å². The van der Waals surface area contributed by atoms with Crippen molar-refractivity contribution in [3.05, 3.63) is 17.0 Å². The summed E-state index contributed by atoms with van der Waals surface area (Å²) in [4.78, 5) is 11.6. The lowest BCUT2D eigenvalue weighted by molar-refractivity contribution is 0.0518. The Kier molecular flexibility index (Phi) is 1.69. The van der Waals surface area contributed by atoms with Gasteiger partial charge in [-0.05, 0) is 31.1 Å². The molecule has 1 aromatic rings. The maximum absolute atomic E-state index is 11.6. The topological polar surface area (TPSA) is 55.0 Å². The van der Waals surface area contributed by atoms with E-state index in [1.165, 1.54) is 0 Å². The van der Waals surface area contributed by atoms with Crippen molar-refractivity contribution < 1.29 is 9.53 Å². The Morgan fingerprint density at radius 2 is 2.47 bits per heavy atom. The molecule has 80 valence electrons. The molecule has 4 nitrogen and oxygen atoms in total. The van der Waals surface area contributed by atoms with Crippen molar-refractivity contribution in [3.63, 3.8) is 0 Å². The Balaban J connectivity index is 1.95. The first-order valence-corrected chi connectivity index (χ1v) is 5.48. The van der Waals surface area contributed by atoms with Crippen LogP contribution in [-0.2, 0) is 11.2 Å². The van der Waals surface area contributed by atoms with Crippen molar-refractivity contribution >= 4 is 5.97 Å². The van der Waals surface area contributed by atoms with Crippen LogP contribution < -0.4 is 0 Å². The standard InChI is InChI=1S/C11H14N2O2/c1-3-15-11(14)10-9-7(12-13-10)4-6-5(2)8(6)9/h5-6,8H,3-4H2,1-2H3,(H,12,13)/t5-,6?,8?/m1/s1. The van der Waals surface area contributed by atoms with Crippen LogP contribution in [0.4, 0.5) is 0 Å². The Morgan fingerprint density at radius 3 is 3.20 bits per heavy atom. The lowest BCUT2D eigenvalue weighted by Gasteiger charge is -2.01. The van der Waals surface area contributed by atoms with Crippen molar-refractivity contribution in [1.29, 1.82) is 0 Å². The number of nitrogens with one attached hydrogen (secondary N) is 1. The lowest BCUT2D eigenvalue weighted by Crippen LogP contribution is -2.07. The number of esters is 1. The second-order valence-electron chi connectivity index (χ2n) is 4.44. The van der Waals surface area contributed by atoms with Gasteiger partial charge in [-0.1, -0.05) is 6.92 Å². The fourth-order valence-electron chi connectivity index (χ4n) is 2.83. The molecule has 2 aliphatic rings. The highest BCUT2D eigenvalue weighted by atomic mass is 16.5. The number of ether oxygens (including phenoxy) is 1. The van der Waals surface area contributed by atoms with Crippen molar-refractivity contribution in [3.8, 4) is 0 Å². The molecule has 0 spiro atoms. The van der Waals surface area contributed by atoms with Gasteiger partial charge < -0.3 is 4.74 Å². The molecule has 0 aliphatic heterocycles. The summed E-state index contributed by atoms with van der Waals surface area (Å²) in [6.45, 7) is 4.46. The molecule has 3 rings (SSSR count). The summed E-state index contributed by atoms with van der Waals surface area (Å²) in [6.07, 6.45) is 1.05. The van der Waals surface area contributed by atoms with Gasteiger partial charge >= 0.3 is 5.97 Å². The van der Waals surface area contributed by atoms with Crippen LogP contribution in [0, 0.1) is 11.8 Å². The molecule has 0 amide bonds. The third-order valence-corrected chi connectivity index (χ3v) is 3.69. The van der Waals surface area contributed by atoms with E-state index in [1.807, 2.05) is 6.92 Å². The molecule has 2 aliphatic carbocycles. The zero-order valence-corrected chi connectivity index (χ0v) is 8.91. The van der Waals surface area contributed by atoms with Gasteiger partial charge in [0.2, 0.25) is 0 Å². The number of hydrogen-bond donors (Lipinski definition) is 1. The van der Waals surface area contributed by atoms with Crippen molar-refractivity contribution in [2.24, 2.45) is 11.8 Å². The summed E-state index contributed by atoms with van der Waals surface area (Å²) in [5.41, 5.74) is 2.79. The molecule has 2 unspecified atom stereocenters. The normalized spacial score (nSPS) is 30.9. The van der Waals surface area contributed by atoms with E-state index < -0.39 is 0 Å². The number of aromatic nitrogens is 2. The van der Waals surface area contributed by atoms with Gasteiger partial charge in [-0.2, -0.15) is 5.10 Å². The minimum atomic E-state index is -0.283. The van der Waals surface area contributed by atoms with E-state index in [1.54, 1.807) is 0 Å². The lowest BCUT2D eigenvalue weighted by atomic mass is 10.1. The Labute approximate surface area is 88.0 Å². The average molecular weight is 206 g/mol. The van der Waals surface area contributed by atoms with E-state index in [0.717, 1.165) is 23.6 Å². The first-order chi connectivity index (χ1) is 7.24. The van der Waals surface area contributed by atoms with Gasteiger partial charge in [0.05, 0.1) is 6.61 Å². The molecule has 4 heteroatoms. The second-order valence-corrected chi connectivity index (χ2v) is 4.44. The van der Waals surface area contributed by atoms with Gasteiger partial charge in [0, 0.05) is 11.3 Å². The van der Waals surface area contributed by atoms with E-state index >= 15 is 0 Å². The summed E-state index contributed by atoms with van der Waals surface area (Å²) in [5, 5.41) is 7.02. The minimum absolute atomic E-state index is 0.283. The van der Waals surface area contributed by atoms with Crippen LogP contribution in [0.1, 0.15) is 41.5 Å². The van der Waals surface area contributed by atoms with Gasteiger partial charge in [0.1, 0.15) is 0 Å². The fraction of sp³-hybridized carbons (Fsp3) is 0.636.